The second kappa shape index (κ2) is 9.89. The number of benzene rings is 2. The number of para-hydroxylation sites is 1. The molecule has 0 bridgehead atoms. The SMILES string of the molecule is C[C@H](NC(=O)c1c(N)nn2ccccc12)c1nc2cccc(C#Cc3ccn(C)n3)c2c(=O)n1-c1ccccc1. The van der Waals surface area contributed by atoms with Gasteiger partial charge in [0.1, 0.15) is 17.1 Å². The minimum absolute atomic E-state index is 0.110. The van der Waals surface area contributed by atoms with Gasteiger partial charge in [0.05, 0.1) is 28.1 Å². The second-order valence-electron chi connectivity index (χ2n) is 9.26. The molecule has 0 fully saturated rings. The molecule has 0 radical (unpaired) electrons. The van der Waals surface area contributed by atoms with E-state index in [1.807, 2.05) is 43.4 Å². The Balaban J connectivity index is 1.48. The van der Waals surface area contributed by atoms with Crippen LogP contribution in [0.1, 0.15) is 40.4 Å². The summed E-state index contributed by atoms with van der Waals surface area (Å²) in [5.74, 6) is 6.16. The topological polar surface area (TPSA) is 125 Å². The van der Waals surface area contributed by atoms with Crippen LogP contribution < -0.4 is 16.6 Å². The van der Waals surface area contributed by atoms with Gasteiger partial charge in [-0.1, -0.05) is 36.3 Å². The van der Waals surface area contributed by atoms with E-state index in [1.54, 1.807) is 64.9 Å². The molecule has 0 saturated heterocycles. The van der Waals surface area contributed by atoms with Gasteiger partial charge in [-0.25, -0.2) is 9.50 Å². The van der Waals surface area contributed by atoms with Gasteiger partial charge in [-0.05, 0) is 55.3 Å². The third-order valence-electron chi connectivity index (χ3n) is 6.51. The van der Waals surface area contributed by atoms with Gasteiger partial charge in [-0.3, -0.25) is 18.8 Å². The Labute approximate surface area is 228 Å². The maximum Gasteiger partial charge on any atom is 0.267 e. The standard InChI is InChI=1S/C30H24N8O2/c1-19(32-29(39)26-24-13-6-7-17-37(24)35-27(26)31)28-33-23-12-8-9-20(14-15-21-16-18-36(2)34-21)25(23)30(40)38(28)22-10-4-3-5-11-22/h3-13,16-19H,1-2H3,(H2,31,35)(H,32,39)/t19-/m0/s1. The molecule has 196 valence electrons. The summed E-state index contributed by atoms with van der Waals surface area (Å²) < 4.78 is 4.73. The lowest BCUT2D eigenvalue weighted by molar-refractivity contribution is 0.0940. The number of anilines is 1. The number of amides is 1. The molecule has 0 saturated carbocycles. The Morgan fingerprint density at radius 3 is 2.52 bits per heavy atom. The molecule has 40 heavy (non-hydrogen) atoms. The number of hydrogen-bond acceptors (Lipinski definition) is 6. The van der Waals surface area contributed by atoms with Crippen LogP contribution in [0.2, 0.25) is 0 Å². The number of nitrogen functional groups attached to an aromatic ring is 1. The third kappa shape index (κ3) is 4.35. The predicted molar refractivity (Wildman–Crippen MR) is 152 cm³/mol. The molecule has 0 aliphatic rings. The number of nitrogens with one attached hydrogen (secondary N) is 1. The first-order valence-corrected chi connectivity index (χ1v) is 12.6. The summed E-state index contributed by atoms with van der Waals surface area (Å²) in [5.41, 5.74) is 8.84. The maximum absolute atomic E-state index is 14.1. The lowest BCUT2D eigenvalue weighted by Crippen LogP contribution is -2.33. The Morgan fingerprint density at radius 2 is 1.75 bits per heavy atom. The highest BCUT2D eigenvalue weighted by molar-refractivity contribution is 6.05. The number of rotatable bonds is 4. The third-order valence-corrected chi connectivity index (χ3v) is 6.51. The largest absolute Gasteiger partial charge is 0.382 e. The molecule has 0 aliphatic heterocycles. The Kier molecular flexibility index (Phi) is 6.09. The number of nitrogens with two attached hydrogens (primary N) is 1. The zero-order chi connectivity index (χ0) is 27.8. The van der Waals surface area contributed by atoms with Crippen LogP contribution in [-0.4, -0.2) is 34.9 Å². The van der Waals surface area contributed by atoms with Gasteiger partial charge in [0.15, 0.2) is 5.82 Å². The molecule has 6 rings (SSSR count). The molecular formula is C30H24N8O2. The smallest absolute Gasteiger partial charge is 0.267 e. The van der Waals surface area contributed by atoms with Crippen molar-refractivity contribution in [3.63, 3.8) is 0 Å². The predicted octanol–water partition coefficient (Wildman–Crippen LogP) is 3.24. The average molecular weight is 529 g/mol. The van der Waals surface area contributed by atoms with Crippen LogP contribution in [0.3, 0.4) is 0 Å². The van der Waals surface area contributed by atoms with Crippen molar-refractivity contribution in [2.24, 2.45) is 7.05 Å². The molecule has 10 nitrogen and oxygen atoms in total. The Bertz CT molecular complexity index is 2030. The van der Waals surface area contributed by atoms with E-state index in [0.717, 1.165) is 0 Å². The van der Waals surface area contributed by atoms with Crippen LogP contribution in [0.4, 0.5) is 5.82 Å². The van der Waals surface area contributed by atoms with Crippen LogP contribution >= 0.6 is 0 Å². The van der Waals surface area contributed by atoms with Crippen molar-refractivity contribution in [3.05, 3.63) is 118 Å². The van der Waals surface area contributed by atoms with E-state index in [9.17, 15) is 9.59 Å². The fourth-order valence-electron chi connectivity index (χ4n) is 4.66. The highest BCUT2D eigenvalue weighted by Gasteiger charge is 2.24. The van der Waals surface area contributed by atoms with Gasteiger partial charge >= 0.3 is 0 Å². The average Bonchev–Trinajstić information content (AvgIpc) is 3.53. The van der Waals surface area contributed by atoms with E-state index in [2.05, 4.69) is 27.4 Å². The van der Waals surface area contributed by atoms with Gasteiger partial charge in [-0.15, -0.1) is 5.10 Å². The number of carbonyl (C=O) groups excluding carboxylic acids is 1. The van der Waals surface area contributed by atoms with Crippen LogP contribution in [0, 0.1) is 11.8 Å². The minimum atomic E-state index is -0.661. The first-order valence-electron chi connectivity index (χ1n) is 12.6. The summed E-state index contributed by atoms with van der Waals surface area (Å²) in [6.45, 7) is 1.78. The van der Waals surface area contributed by atoms with Crippen LogP contribution in [0.25, 0.3) is 22.1 Å². The zero-order valence-corrected chi connectivity index (χ0v) is 21.7. The van der Waals surface area contributed by atoms with E-state index in [0.29, 0.717) is 39.2 Å². The van der Waals surface area contributed by atoms with Crippen molar-refractivity contribution in [1.29, 1.82) is 0 Å². The van der Waals surface area contributed by atoms with Crippen LogP contribution in [-0.2, 0) is 7.05 Å². The lowest BCUT2D eigenvalue weighted by atomic mass is 10.1. The number of aryl methyl sites for hydroxylation is 1. The van der Waals surface area contributed by atoms with Crippen LogP contribution in [0.15, 0.2) is 90.0 Å². The summed E-state index contributed by atoms with van der Waals surface area (Å²) in [4.78, 5) is 32.4. The molecule has 0 unspecified atom stereocenters. The highest BCUT2D eigenvalue weighted by atomic mass is 16.2. The molecule has 1 atom stereocenters. The van der Waals surface area contributed by atoms with Gasteiger partial charge in [0.25, 0.3) is 11.5 Å². The lowest BCUT2D eigenvalue weighted by Gasteiger charge is -2.20. The number of pyridine rings is 1. The number of carbonyl (C=O) groups is 1. The number of aromatic nitrogens is 6. The van der Waals surface area contributed by atoms with Gasteiger partial charge in [0, 0.05) is 25.0 Å². The van der Waals surface area contributed by atoms with Gasteiger partial charge in [-0.2, -0.15) is 5.10 Å². The fourth-order valence-corrected chi connectivity index (χ4v) is 4.66. The van der Waals surface area contributed by atoms with Crippen molar-refractivity contribution in [1.82, 2.24) is 34.3 Å². The summed E-state index contributed by atoms with van der Waals surface area (Å²) in [6, 6.07) is 21.1. The quantitative estimate of drug-likeness (QED) is 0.339. The molecule has 1 amide bonds. The molecule has 10 heteroatoms. The maximum atomic E-state index is 14.1. The van der Waals surface area contributed by atoms with Gasteiger partial charge < -0.3 is 11.1 Å². The second-order valence-corrected chi connectivity index (χ2v) is 9.26. The fraction of sp³-hybridized carbons (Fsp3) is 0.100. The van der Waals surface area contributed by atoms with Crippen molar-refractivity contribution in [3.8, 4) is 17.5 Å². The molecular weight excluding hydrogens is 504 g/mol. The van der Waals surface area contributed by atoms with Crippen LogP contribution in [0.5, 0.6) is 0 Å². The summed E-state index contributed by atoms with van der Waals surface area (Å²) in [5, 5.41) is 11.9. The van der Waals surface area contributed by atoms with Crippen molar-refractivity contribution in [2.75, 3.05) is 5.73 Å². The molecule has 6 aromatic rings. The highest BCUT2D eigenvalue weighted by Crippen LogP contribution is 2.22. The first kappa shape index (κ1) is 24.6. The van der Waals surface area contributed by atoms with E-state index < -0.39 is 11.9 Å². The molecule has 4 aromatic heterocycles. The molecule has 0 spiro atoms. The summed E-state index contributed by atoms with van der Waals surface area (Å²) >= 11 is 0. The minimum Gasteiger partial charge on any atom is -0.382 e. The normalized spacial score (nSPS) is 11.8. The van der Waals surface area contributed by atoms with E-state index in [1.165, 1.54) is 4.57 Å². The number of hydrogen-bond donors (Lipinski definition) is 2. The summed E-state index contributed by atoms with van der Waals surface area (Å²) in [7, 11) is 1.82. The zero-order valence-electron chi connectivity index (χ0n) is 21.7. The molecule has 3 N–H and O–H groups in total. The Morgan fingerprint density at radius 1 is 0.950 bits per heavy atom. The number of fused-ring (bicyclic) bond motifs is 2. The van der Waals surface area contributed by atoms with Gasteiger partial charge in [0.2, 0.25) is 0 Å². The molecule has 4 heterocycles. The molecule has 0 aliphatic carbocycles. The van der Waals surface area contributed by atoms with Crippen molar-refractivity contribution >= 4 is 28.1 Å². The van der Waals surface area contributed by atoms with E-state index in [-0.39, 0.29) is 16.9 Å². The first-order chi connectivity index (χ1) is 19.4. The van der Waals surface area contributed by atoms with Crippen molar-refractivity contribution in [2.45, 2.75) is 13.0 Å². The molecule has 2 aromatic carbocycles. The van der Waals surface area contributed by atoms with E-state index >= 15 is 0 Å². The summed E-state index contributed by atoms with van der Waals surface area (Å²) in [6.07, 6.45) is 3.53. The number of nitrogens with zero attached hydrogens (tertiary/aromatic N) is 6. The van der Waals surface area contributed by atoms with E-state index in [4.69, 9.17) is 10.7 Å². The van der Waals surface area contributed by atoms with Crippen molar-refractivity contribution < 1.29 is 4.79 Å². The Hall–Kier alpha value is -5.69. The monoisotopic (exact) mass is 528 g/mol.